The average molecular weight is 286 g/mol. The minimum absolute atomic E-state index is 0.00271. The van der Waals surface area contributed by atoms with Gasteiger partial charge < -0.3 is 14.6 Å². The first-order valence-electron chi connectivity index (χ1n) is 7.08. The molecule has 0 unspecified atom stereocenters. The molecule has 3 rings (SSSR count). The van der Waals surface area contributed by atoms with Crippen LogP contribution >= 0.6 is 0 Å². The van der Waals surface area contributed by atoms with Crippen LogP contribution in [0.15, 0.2) is 28.8 Å². The predicted molar refractivity (Wildman–Crippen MR) is 77.1 cm³/mol. The molecule has 110 valence electrons. The number of nitrogens with zero attached hydrogens (tertiary/aromatic N) is 1. The lowest BCUT2D eigenvalue weighted by Gasteiger charge is -2.26. The number of carbonyl (C=O) groups excluding carboxylic acids is 1. The van der Waals surface area contributed by atoms with E-state index in [0.717, 1.165) is 29.0 Å². The van der Waals surface area contributed by atoms with Gasteiger partial charge in [0.25, 0.3) is 0 Å². The van der Waals surface area contributed by atoms with E-state index >= 15 is 0 Å². The number of nitrogens with one attached hydrogen (secondary N) is 1. The van der Waals surface area contributed by atoms with Crippen molar-refractivity contribution in [2.45, 2.75) is 32.7 Å². The number of hydrogen-bond acceptors (Lipinski definition) is 4. The number of para-hydroxylation sites is 1. The van der Waals surface area contributed by atoms with E-state index in [1.54, 1.807) is 0 Å². The molecular formula is C16H18N2O3. The Morgan fingerprint density at radius 3 is 2.95 bits per heavy atom. The highest BCUT2D eigenvalue weighted by molar-refractivity contribution is 5.79. The first-order valence-corrected chi connectivity index (χ1v) is 7.08. The minimum atomic E-state index is -0.0221. The molecule has 0 radical (unpaired) electrons. The molecule has 1 aliphatic rings. The molecule has 1 aliphatic heterocycles. The summed E-state index contributed by atoms with van der Waals surface area (Å²) in [6, 6.07) is 7.83. The van der Waals surface area contributed by atoms with E-state index in [1.807, 2.05) is 38.1 Å². The maximum Gasteiger partial charge on any atom is 0.225 e. The molecule has 2 heterocycles. The molecule has 0 fully saturated rings. The van der Waals surface area contributed by atoms with E-state index in [0.29, 0.717) is 18.8 Å². The number of carbonyl (C=O) groups is 1. The lowest BCUT2D eigenvalue weighted by molar-refractivity contribution is -0.121. The molecule has 1 aromatic carbocycles. The third-order valence-corrected chi connectivity index (χ3v) is 3.81. The Labute approximate surface area is 123 Å². The Bertz CT molecular complexity index is 644. The van der Waals surface area contributed by atoms with Gasteiger partial charge in [0.05, 0.1) is 24.8 Å². The maximum absolute atomic E-state index is 12.3. The van der Waals surface area contributed by atoms with Gasteiger partial charge in [-0.2, -0.15) is 0 Å². The number of benzene rings is 1. The van der Waals surface area contributed by atoms with Gasteiger partial charge in [-0.25, -0.2) is 0 Å². The molecule has 5 heteroatoms. The lowest BCUT2D eigenvalue weighted by atomic mass is 10.00. The van der Waals surface area contributed by atoms with Gasteiger partial charge in [0.15, 0.2) is 0 Å². The zero-order valence-electron chi connectivity index (χ0n) is 12.2. The Hall–Kier alpha value is -2.30. The summed E-state index contributed by atoms with van der Waals surface area (Å²) < 4.78 is 10.7. The number of fused-ring (bicyclic) bond motifs is 1. The smallest absolute Gasteiger partial charge is 0.225 e. The van der Waals surface area contributed by atoms with Crippen LogP contribution in [0.5, 0.6) is 5.75 Å². The number of aromatic nitrogens is 1. The quantitative estimate of drug-likeness (QED) is 0.941. The largest absolute Gasteiger partial charge is 0.493 e. The summed E-state index contributed by atoms with van der Waals surface area (Å²) >= 11 is 0. The second kappa shape index (κ2) is 5.60. The van der Waals surface area contributed by atoms with Gasteiger partial charge in [-0.05, 0) is 19.9 Å². The van der Waals surface area contributed by atoms with Crippen LogP contribution in [0.2, 0.25) is 0 Å². The molecule has 1 aromatic heterocycles. The van der Waals surface area contributed by atoms with Gasteiger partial charge in [0.1, 0.15) is 11.5 Å². The summed E-state index contributed by atoms with van der Waals surface area (Å²) in [6.07, 6.45) is 1.07. The lowest BCUT2D eigenvalue weighted by Crippen LogP contribution is -2.33. The van der Waals surface area contributed by atoms with Gasteiger partial charge in [-0.3, -0.25) is 4.79 Å². The van der Waals surface area contributed by atoms with E-state index in [2.05, 4.69) is 10.5 Å². The summed E-state index contributed by atoms with van der Waals surface area (Å²) in [7, 11) is 0. The second-order valence-electron chi connectivity index (χ2n) is 5.27. The Morgan fingerprint density at radius 1 is 1.38 bits per heavy atom. The average Bonchev–Trinajstić information content (AvgIpc) is 2.79. The van der Waals surface area contributed by atoms with Crippen molar-refractivity contribution in [2.24, 2.45) is 0 Å². The Morgan fingerprint density at radius 2 is 2.19 bits per heavy atom. The number of ether oxygens (including phenoxy) is 1. The summed E-state index contributed by atoms with van der Waals surface area (Å²) in [6.45, 7) is 4.29. The molecule has 21 heavy (non-hydrogen) atoms. The van der Waals surface area contributed by atoms with Gasteiger partial charge in [-0.15, -0.1) is 0 Å². The van der Waals surface area contributed by atoms with Crippen molar-refractivity contribution < 1.29 is 14.1 Å². The third-order valence-electron chi connectivity index (χ3n) is 3.81. The summed E-state index contributed by atoms with van der Waals surface area (Å²) in [5.74, 6) is 1.53. The maximum atomic E-state index is 12.3. The van der Waals surface area contributed by atoms with Crippen molar-refractivity contribution in [3.8, 4) is 5.75 Å². The van der Waals surface area contributed by atoms with Crippen molar-refractivity contribution in [1.29, 1.82) is 0 Å². The second-order valence-corrected chi connectivity index (χ2v) is 5.27. The molecule has 2 aromatic rings. The fourth-order valence-corrected chi connectivity index (χ4v) is 2.65. The zero-order chi connectivity index (χ0) is 14.8. The van der Waals surface area contributed by atoms with E-state index < -0.39 is 0 Å². The summed E-state index contributed by atoms with van der Waals surface area (Å²) in [4.78, 5) is 12.3. The van der Waals surface area contributed by atoms with Crippen LogP contribution in [-0.4, -0.2) is 17.7 Å². The molecule has 0 aliphatic carbocycles. The normalized spacial score (nSPS) is 17.0. The van der Waals surface area contributed by atoms with Crippen LogP contribution in [0.1, 0.15) is 35.0 Å². The van der Waals surface area contributed by atoms with E-state index in [-0.39, 0.29) is 11.9 Å². The monoisotopic (exact) mass is 286 g/mol. The number of amides is 1. The number of aryl methyl sites for hydroxylation is 2. The molecular weight excluding hydrogens is 268 g/mol. The summed E-state index contributed by atoms with van der Waals surface area (Å²) in [5, 5.41) is 6.96. The van der Waals surface area contributed by atoms with Gasteiger partial charge in [0, 0.05) is 17.5 Å². The van der Waals surface area contributed by atoms with Crippen LogP contribution in [0.25, 0.3) is 0 Å². The van der Waals surface area contributed by atoms with E-state index in [4.69, 9.17) is 9.26 Å². The fraction of sp³-hybridized carbons (Fsp3) is 0.375. The highest BCUT2D eigenvalue weighted by atomic mass is 16.5. The molecule has 0 saturated carbocycles. The van der Waals surface area contributed by atoms with Crippen molar-refractivity contribution in [3.63, 3.8) is 0 Å². The van der Waals surface area contributed by atoms with Gasteiger partial charge >= 0.3 is 0 Å². The first-order chi connectivity index (χ1) is 10.1. The van der Waals surface area contributed by atoms with E-state index in [1.165, 1.54) is 0 Å². The highest BCUT2D eigenvalue weighted by Crippen LogP contribution is 2.31. The molecule has 1 atom stereocenters. The molecule has 0 spiro atoms. The van der Waals surface area contributed by atoms with Crippen molar-refractivity contribution >= 4 is 5.91 Å². The van der Waals surface area contributed by atoms with Crippen molar-refractivity contribution in [2.75, 3.05) is 6.61 Å². The SMILES string of the molecule is Cc1noc(C)c1CC(=O)N[C@@H]1CCOc2ccccc21. The van der Waals surface area contributed by atoms with Crippen LogP contribution in [-0.2, 0) is 11.2 Å². The first kappa shape index (κ1) is 13.7. The Kier molecular flexibility index (Phi) is 3.64. The predicted octanol–water partition coefficient (Wildman–Crippen LogP) is 2.47. The third kappa shape index (κ3) is 2.77. The minimum Gasteiger partial charge on any atom is -0.493 e. The molecule has 5 nitrogen and oxygen atoms in total. The summed E-state index contributed by atoms with van der Waals surface area (Å²) in [5.41, 5.74) is 2.68. The number of rotatable bonds is 3. The van der Waals surface area contributed by atoms with Crippen molar-refractivity contribution in [1.82, 2.24) is 10.5 Å². The molecule has 0 bridgehead atoms. The molecule has 1 N–H and O–H groups in total. The molecule has 0 saturated heterocycles. The molecule has 1 amide bonds. The van der Waals surface area contributed by atoms with Crippen molar-refractivity contribution in [3.05, 3.63) is 46.8 Å². The topological polar surface area (TPSA) is 64.4 Å². The van der Waals surface area contributed by atoms with Gasteiger partial charge in [-0.1, -0.05) is 23.4 Å². The number of hydrogen-bond donors (Lipinski definition) is 1. The van der Waals surface area contributed by atoms with Crippen LogP contribution in [0.4, 0.5) is 0 Å². The Balaban J connectivity index is 1.72. The highest BCUT2D eigenvalue weighted by Gasteiger charge is 2.23. The van der Waals surface area contributed by atoms with Crippen LogP contribution in [0, 0.1) is 13.8 Å². The zero-order valence-corrected chi connectivity index (χ0v) is 12.2. The van der Waals surface area contributed by atoms with Crippen LogP contribution in [0.3, 0.4) is 0 Å². The van der Waals surface area contributed by atoms with E-state index in [9.17, 15) is 4.79 Å². The van der Waals surface area contributed by atoms with Gasteiger partial charge in [0.2, 0.25) is 5.91 Å². The standard InChI is InChI=1S/C16H18N2O3/c1-10-13(11(2)21-18-10)9-16(19)17-14-7-8-20-15-6-4-3-5-12(14)15/h3-6,14H,7-9H2,1-2H3,(H,17,19)/t14-/m1/s1. The van der Waals surface area contributed by atoms with Crippen LogP contribution < -0.4 is 10.1 Å². The fourth-order valence-electron chi connectivity index (χ4n) is 2.65.